The van der Waals surface area contributed by atoms with E-state index in [2.05, 4.69) is 0 Å². The molecule has 0 heterocycles. The molecule has 0 aromatic heterocycles. The number of hydrogen-bond acceptors (Lipinski definition) is 2. The lowest BCUT2D eigenvalue weighted by atomic mass is 10.1. The number of rotatable bonds is 4. The van der Waals surface area contributed by atoms with Gasteiger partial charge in [-0.2, -0.15) is 0 Å². The maximum absolute atomic E-state index is 13.2. The average Bonchev–Trinajstić information content (AvgIpc) is 2.20. The summed E-state index contributed by atoms with van der Waals surface area (Å²) in [5.41, 5.74) is 0.0116. The largest absolute Gasteiger partial charge is 0.481 e. The lowest BCUT2D eigenvalue weighted by molar-refractivity contribution is -0.135. The molecule has 0 bridgehead atoms. The molecule has 0 saturated heterocycles. The van der Waals surface area contributed by atoms with Crippen LogP contribution in [0, 0.1) is 5.82 Å². The molecule has 1 rings (SSSR count). The standard InChI is InChI=1S/C11H9FO4/c12-9-5-4-8(11(15)16)6-7(9)2-1-3-10(13)14/h1-2,4-6H,3H2,(H,13,14)(H,15,16). The quantitative estimate of drug-likeness (QED) is 0.820. The summed E-state index contributed by atoms with van der Waals surface area (Å²) in [6, 6.07) is 3.33. The lowest BCUT2D eigenvalue weighted by Crippen LogP contribution is -1.97. The second-order valence-electron chi connectivity index (χ2n) is 3.04. The Hall–Kier alpha value is -2.17. The van der Waals surface area contributed by atoms with Crippen molar-refractivity contribution in [2.75, 3.05) is 0 Å². The van der Waals surface area contributed by atoms with Crippen molar-refractivity contribution in [3.05, 3.63) is 41.2 Å². The number of benzene rings is 1. The van der Waals surface area contributed by atoms with Crippen LogP contribution in [0.5, 0.6) is 0 Å². The fourth-order valence-electron chi connectivity index (χ4n) is 1.09. The minimum absolute atomic E-state index is 0.0450. The van der Waals surface area contributed by atoms with Gasteiger partial charge in [0.2, 0.25) is 0 Å². The number of carboxylic acid groups (broad SMARTS) is 2. The Morgan fingerprint density at radius 3 is 2.56 bits per heavy atom. The molecule has 0 amide bonds. The van der Waals surface area contributed by atoms with Gasteiger partial charge in [-0.15, -0.1) is 0 Å². The lowest BCUT2D eigenvalue weighted by Gasteiger charge is -1.99. The van der Waals surface area contributed by atoms with Crippen LogP contribution < -0.4 is 0 Å². The molecule has 84 valence electrons. The number of halogens is 1. The van der Waals surface area contributed by atoms with Gasteiger partial charge in [0.1, 0.15) is 5.82 Å². The van der Waals surface area contributed by atoms with Crippen LogP contribution in [0.2, 0.25) is 0 Å². The molecule has 0 aliphatic carbocycles. The number of hydrogen-bond donors (Lipinski definition) is 2. The van der Waals surface area contributed by atoms with E-state index in [-0.39, 0.29) is 17.5 Å². The number of aliphatic carboxylic acids is 1. The van der Waals surface area contributed by atoms with Crippen molar-refractivity contribution in [3.8, 4) is 0 Å². The van der Waals surface area contributed by atoms with E-state index in [1.54, 1.807) is 0 Å². The zero-order chi connectivity index (χ0) is 12.1. The van der Waals surface area contributed by atoms with E-state index in [0.29, 0.717) is 0 Å². The fourth-order valence-corrected chi connectivity index (χ4v) is 1.09. The molecule has 0 atom stereocenters. The molecule has 0 aliphatic rings. The van der Waals surface area contributed by atoms with Crippen molar-refractivity contribution >= 4 is 18.0 Å². The molecule has 0 spiro atoms. The molecule has 0 aliphatic heterocycles. The summed E-state index contributed by atoms with van der Waals surface area (Å²) in [7, 11) is 0. The van der Waals surface area contributed by atoms with Crippen LogP contribution in [0.15, 0.2) is 24.3 Å². The second-order valence-corrected chi connectivity index (χ2v) is 3.04. The van der Waals surface area contributed by atoms with Crippen molar-refractivity contribution in [2.45, 2.75) is 6.42 Å². The molecular weight excluding hydrogens is 215 g/mol. The summed E-state index contributed by atoms with van der Waals surface area (Å²) in [5, 5.41) is 17.0. The van der Waals surface area contributed by atoms with E-state index < -0.39 is 17.8 Å². The molecule has 0 unspecified atom stereocenters. The third kappa shape index (κ3) is 3.20. The monoisotopic (exact) mass is 224 g/mol. The van der Waals surface area contributed by atoms with Crippen LogP contribution in [0.3, 0.4) is 0 Å². The molecule has 0 radical (unpaired) electrons. The van der Waals surface area contributed by atoms with E-state index >= 15 is 0 Å². The van der Waals surface area contributed by atoms with Gasteiger partial charge in [-0.25, -0.2) is 9.18 Å². The van der Waals surface area contributed by atoms with Crippen LogP contribution in [0.4, 0.5) is 4.39 Å². The van der Waals surface area contributed by atoms with E-state index in [1.165, 1.54) is 12.2 Å². The third-order valence-electron chi connectivity index (χ3n) is 1.83. The Morgan fingerprint density at radius 1 is 1.31 bits per heavy atom. The molecule has 0 saturated carbocycles. The topological polar surface area (TPSA) is 74.6 Å². The fraction of sp³-hybridized carbons (Fsp3) is 0.0909. The smallest absolute Gasteiger partial charge is 0.335 e. The normalized spacial score (nSPS) is 10.6. The minimum atomic E-state index is -1.16. The Morgan fingerprint density at radius 2 is 2.00 bits per heavy atom. The number of carboxylic acids is 2. The average molecular weight is 224 g/mol. The molecule has 2 N–H and O–H groups in total. The highest BCUT2D eigenvalue weighted by molar-refractivity contribution is 5.88. The molecular formula is C11H9FO4. The van der Waals surface area contributed by atoms with Gasteiger partial charge in [0, 0.05) is 5.56 Å². The van der Waals surface area contributed by atoms with E-state index in [1.807, 2.05) is 0 Å². The van der Waals surface area contributed by atoms with Crippen LogP contribution in [0.1, 0.15) is 22.3 Å². The summed E-state index contributed by atoms with van der Waals surface area (Å²) in [6.45, 7) is 0. The summed E-state index contributed by atoms with van der Waals surface area (Å²) >= 11 is 0. The number of aromatic carboxylic acids is 1. The van der Waals surface area contributed by atoms with Crippen molar-refractivity contribution in [2.24, 2.45) is 0 Å². The second kappa shape index (κ2) is 5.06. The van der Waals surface area contributed by atoms with Crippen LogP contribution >= 0.6 is 0 Å². The van der Waals surface area contributed by atoms with Gasteiger partial charge in [-0.05, 0) is 18.2 Å². The van der Waals surface area contributed by atoms with Gasteiger partial charge in [-0.3, -0.25) is 4.79 Å². The van der Waals surface area contributed by atoms with E-state index in [0.717, 1.165) is 18.2 Å². The van der Waals surface area contributed by atoms with Gasteiger partial charge in [0.15, 0.2) is 0 Å². The summed E-state index contributed by atoms with van der Waals surface area (Å²) in [5.74, 6) is -2.79. The molecule has 5 heteroatoms. The first kappa shape index (κ1) is 11.9. The zero-order valence-corrected chi connectivity index (χ0v) is 8.18. The first-order valence-electron chi connectivity index (χ1n) is 4.42. The van der Waals surface area contributed by atoms with Crippen LogP contribution in [0.25, 0.3) is 6.08 Å². The summed E-state index contributed by atoms with van der Waals surface area (Å²) in [6.07, 6.45) is 2.26. The Kier molecular flexibility index (Phi) is 3.77. The van der Waals surface area contributed by atoms with Crippen molar-refractivity contribution in [1.29, 1.82) is 0 Å². The van der Waals surface area contributed by atoms with E-state index in [4.69, 9.17) is 10.2 Å². The Balaban J connectivity index is 2.94. The van der Waals surface area contributed by atoms with Gasteiger partial charge >= 0.3 is 11.9 Å². The molecule has 4 nitrogen and oxygen atoms in total. The molecule has 1 aromatic rings. The van der Waals surface area contributed by atoms with Crippen LogP contribution in [-0.2, 0) is 4.79 Å². The van der Waals surface area contributed by atoms with Crippen molar-refractivity contribution in [1.82, 2.24) is 0 Å². The van der Waals surface area contributed by atoms with Crippen LogP contribution in [-0.4, -0.2) is 22.2 Å². The molecule has 1 aromatic carbocycles. The van der Waals surface area contributed by atoms with E-state index in [9.17, 15) is 14.0 Å². The van der Waals surface area contributed by atoms with Gasteiger partial charge < -0.3 is 10.2 Å². The predicted molar refractivity (Wildman–Crippen MR) is 54.6 cm³/mol. The van der Waals surface area contributed by atoms with Crippen molar-refractivity contribution in [3.63, 3.8) is 0 Å². The summed E-state index contributed by atoms with van der Waals surface area (Å²) in [4.78, 5) is 20.8. The highest BCUT2D eigenvalue weighted by Crippen LogP contribution is 2.12. The maximum atomic E-state index is 13.2. The number of carbonyl (C=O) groups is 2. The zero-order valence-electron chi connectivity index (χ0n) is 8.18. The molecule has 16 heavy (non-hydrogen) atoms. The van der Waals surface area contributed by atoms with Crippen molar-refractivity contribution < 1.29 is 24.2 Å². The highest BCUT2D eigenvalue weighted by atomic mass is 19.1. The SMILES string of the molecule is O=C(O)CC=Cc1cc(C(=O)O)ccc1F. The van der Waals surface area contributed by atoms with Gasteiger partial charge in [0.25, 0.3) is 0 Å². The highest BCUT2D eigenvalue weighted by Gasteiger charge is 2.06. The Labute approximate surface area is 90.6 Å². The maximum Gasteiger partial charge on any atom is 0.335 e. The van der Waals surface area contributed by atoms with Gasteiger partial charge in [-0.1, -0.05) is 12.2 Å². The first-order valence-corrected chi connectivity index (χ1v) is 4.42. The van der Waals surface area contributed by atoms with Gasteiger partial charge in [0.05, 0.1) is 12.0 Å². The Bertz CT molecular complexity index is 451. The summed E-state index contributed by atoms with van der Waals surface area (Å²) < 4.78 is 13.2. The first-order chi connectivity index (χ1) is 7.50. The molecule has 0 fully saturated rings. The minimum Gasteiger partial charge on any atom is -0.481 e. The predicted octanol–water partition coefficient (Wildman–Crippen LogP) is 2.01. The third-order valence-corrected chi connectivity index (χ3v) is 1.83.